The maximum Gasteiger partial charge on any atom is 0.317 e. The monoisotopic (exact) mass is 360 g/mol. The first kappa shape index (κ1) is 18.1. The van der Waals surface area contributed by atoms with E-state index >= 15 is 0 Å². The van der Waals surface area contributed by atoms with Gasteiger partial charge in [-0.1, -0.05) is 30.3 Å². The Kier molecular flexibility index (Phi) is 6.20. The molecule has 6 heteroatoms. The Bertz CT molecular complexity index is 689. The van der Waals surface area contributed by atoms with E-state index in [4.69, 9.17) is 9.84 Å². The van der Waals surface area contributed by atoms with Crippen molar-refractivity contribution in [2.75, 3.05) is 39.8 Å². The molecule has 1 atom stereocenters. The van der Waals surface area contributed by atoms with E-state index in [9.17, 15) is 4.79 Å². The number of ether oxygens (including phenoxy) is 1. The van der Waals surface area contributed by atoms with E-state index in [1.54, 1.807) is 16.2 Å². The molecule has 1 aromatic heterocycles. The van der Waals surface area contributed by atoms with Gasteiger partial charge < -0.3 is 9.84 Å². The molecule has 25 heavy (non-hydrogen) atoms. The van der Waals surface area contributed by atoms with E-state index in [0.29, 0.717) is 13.2 Å². The van der Waals surface area contributed by atoms with Crippen molar-refractivity contribution in [1.29, 1.82) is 0 Å². The van der Waals surface area contributed by atoms with Crippen LogP contribution in [0.25, 0.3) is 11.1 Å². The molecule has 1 aliphatic heterocycles. The maximum atomic E-state index is 10.8. The molecule has 2 aromatic rings. The third-order valence-electron chi connectivity index (χ3n) is 4.28. The molecule has 0 aliphatic carbocycles. The summed E-state index contributed by atoms with van der Waals surface area (Å²) >= 11 is 1.79. The van der Waals surface area contributed by atoms with Crippen LogP contribution in [0.2, 0.25) is 0 Å². The number of likely N-dealkylation sites (N-methyl/N-ethyl adjacent to an activating group) is 1. The number of benzene rings is 1. The van der Waals surface area contributed by atoms with Gasteiger partial charge in [0.2, 0.25) is 0 Å². The van der Waals surface area contributed by atoms with E-state index in [0.717, 1.165) is 19.6 Å². The summed E-state index contributed by atoms with van der Waals surface area (Å²) in [7, 11) is 1.82. The lowest BCUT2D eigenvalue weighted by molar-refractivity contribution is -0.138. The van der Waals surface area contributed by atoms with Gasteiger partial charge in [-0.3, -0.25) is 14.6 Å². The number of rotatable bonds is 7. The molecule has 1 fully saturated rings. The fraction of sp³-hybridized carbons (Fsp3) is 0.421. The summed E-state index contributed by atoms with van der Waals surface area (Å²) < 4.78 is 5.80. The topological polar surface area (TPSA) is 53.0 Å². The molecule has 1 N–H and O–H groups in total. The fourth-order valence-corrected chi connectivity index (χ4v) is 4.08. The SMILES string of the molecule is CN(CC(=O)O)CC1CN(Cc2cc(-c3ccccc3)cs2)CCO1. The molecule has 0 radical (unpaired) electrons. The second kappa shape index (κ2) is 8.58. The molecule has 0 saturated carbocycles. The minimum absolute atomic E-state index is 0.0468. The van der Waals surface area contributed by atoms with Crippen LogP contribution in [0.5, 0.6) is 0 Å². The average molecular weight is 360 g/mol. The van der Waals surface area contributed by atoms with Crippen molar-refractivity contribution < 1.29 is 14.6 Å². The highest BCUT2D eigenvalue weighted by atomic mass is 32.1. The van der Waals surface area contributed by atoms with Crippen molar-refractivity contribution in [3.8, 4) is 11.1 Å². The number of morpholine rings is 1. The van der Waals surface area contributed by atoms with Gasteiger partial charge in [0.1, 0.15) is 0 Å². The summed E-state index contributed by atoms with van der Waals surface area (Å²) in [6.45, 7) is 4.05. The predicted molar refractivity (Wildman–Crippen MR) is 99.9 cm³/mol. The molecule has 1 saturated heterocycles. The number of nitrogens with zero attached hydrogens (tertiary/aromatic N) is 2. The van der Waals surface area contributed by atoms with Crippen molar-refractivity contribution in [3.05, 3.63) is 46.7 Å². The quantitative estimate of drug-likeness (QED) is 0.823. The molecule has 0 bridgehead atoms. The van der Waals surface area contributed by atoms with Gasteiger partial charge in [-0.25, -0.2) is 0 Å². The van der Waals surface area contributed by atoms with Crippen LogP contribution in [0.4, 0.5) is 0 Å². The highest BCUT2D eigenvalue weighted by Gasteiger charge is 2.22. The zero-order valence-corrected chi connectivity index (χ0v) is 15.2. The highest BCUT2D eigenvalue weighted by molar-refractivity contribution is 7.10. The normalized spacial score (nSPS) is 18.6. The summed E-state index contributed by atoms with van der Waals surface area (Å²) in [5.41, 5.74) is 2.52. The fourth-order valence-electron chi connectivity index (χ4n) is 3.14. The lowest BCUT2D eigenvalue weighted by Crippen LogP contribution is -2.47. The number of thiophene rings is 1. The van der Waals surface area contributed by atoms with Crippen molar-refractivity contribution in [3.63, 3.8) is 0 Å². The van der Waals surface area contributed by atoms with Crippen LogP contribution >= 0.6 is 11.3 Å². The number of carboxylic acids is 1. The van der Waals surface area contributed by atoms with E-state index in [1.165, 1.54) is 16.0 Å². The zero-order valence-electron chi connectivity index (χ0n) is 14.4. The van der Waals surface area contributed by atoms with Gasteiger partial charge in [0.05, 0.1) is 19.3 Å². The van der Waals surface area contributed by atoms with Crippen LogP contribution in [0.3, 0.4) is 0 Å². The smallest absolute Gasteiger partial charge is 0.317 e. The summed E-state index contributed by atoms with van der Waals surface area (Å²) in [5.74, 6) is -0.804. The van der Waals surface area contributed by atoms with E-state index < -0.39 is 5.97 Å². The third-order valence-corrected chi connectivity index (χ3v) is 5.21. The third kappa shape index (κ3) is 5.37. The van der Waals surface area contributed by atoms with Crippen LogP contribution in [0.15, 0.2) is 41.8 Å². The van der Waals surface area contributed by atoms with E-state index in [1.807, 2.05) is 13.1 Å². The molecule has 1 aliphatic rings. The van der Waals surface area contributed by atoms with Crippen LogP contribution in [0, 0.1) is 0 Å². The largest absolute Gasteiger partial charge is 0.480 e. The lowest BCUT2D eigenvalue weighted by Gasteiger charge is -2.34. The molecule has 2 heterocycles. The Morgan fingerprint density at radius 1 is 1.36 bits per heavy atom. The first-order chi connectivity index (χ1) is 12.1. The lowest BCUT2D eigenvalue weighted by atomic mass is 10.1. The van der Waals surface area contributed by atoms with Crippen LogP contribution in [-0.4, -0.2) is 66.8 Å². The first-order valence-corrected chi connectivity index (χ1v) is 9.35. The molecular formula is C19H24N2O3S. The molecule has 0 spiro atoms. The Morgan fingerprint density at radius 3 is 2.92 bits per heavy atom. The Hall–Kier alpha value is -1.73. The Labute approximate surface area is 152 Å². The van der Waals surface area contributed by atoms with Gasteiger partial charge in [0.15, 0.2) is 0 Å². The van der Waals surface area contributed by atoms with Gasteiger partial charge >= 0.3 is 5.97 Å². The molecular weight excluding hydrogens is 336 g/mol. The summed E-state index contributed by atoms with van der Waals surface area (Å²) in [6.07, 6.45) is 0.0617. The minimum Gasteiger partial charge on any atom is -0.480 e. The maximum absolute atomic E-state index is 10.8. The Balaban J connectivity index is 1.54. The number of carbonyl (C=O) groups is 1. The van der Waals surface area contributed by atoms with Crippen LogP contribution in [-0.2, 0) is 16.1 Å². The van der Waals surface area contributed by atoms with E-state index in [-0.39, 0.29) is 12.6 Å². The van der Waals surface area contributed by atoms with E-state index in [2.05, 4.69) is 40.6 Å². The highest BCUT2D eigenvalue weighted by Crippen LogP contribution is 2.26. The number of aliphatic carboxylic acids is 1. The van der Waals surface area contributed by atoms with Crippen LogP contribution in [0.1, 0.15) is 4.88 Å². The minimum atomic E-state index is -0.804. The predicted octanol–water partition coefficient (Wildman–Crippen LogP) is 2.63. The number of hydrogen-bond acceptors (Lipinski definition) is 5. The first-order valence-electron chi connectivity index (χ1n) is 8.47. The van der Waals surface area contributed by atoms with Crippen molar-refractivity contribution in [2.45, 2.75) is 12.6 Å². The molecule has 5 nitrogen and oxygen atoms in total. The number of carboxylic acid groups (broad SMARTS) is 1. The van der Waals surface area contributed by atoms with Gasteiger partial charge in [0.25, 0.3) is 0 Å². The summed E-state index contributed by atoms with van der Waals surface area (Å²) in [6, 6.07) is 12.7. The van der Waals surface area contributed by atoms with Gasteiger partial charge in [0, 0.05) is 31.1 Å². The summed E-state index contributed by atoms with van der Waals surface area (Å²) in [4.78, 5) is 16.3. The molecule has 1 aromatic carbocycles. The second-order valence-corrected chi connectivity index (χ2v) is 7.48. The van der Waals surface area contributed by atoms with Crippen LogP contribution < -0.4 is 0 Å². The van der Waals surface area contributed by atoms with Gasteiger partial charge in [-0.05, 0) is 29.6 Å². The molecule has 1 unspecified atom stereocenters. The van der Waals surface area contributed by atoms with Gasteiger partial charge in [-0.2, -0.15) is 0 Å². The van der Waals surface area contributed by atoms with Crippen molar-refractivity contribution >= 4 is 17.3 Å². The summed E-state index contributed by atoms with van der Waals surface area (Å²) in [5, 5.41) is 11.1. The van der Waals surface area contributed by atoms with Gasteiger partial charge in [-0.15, -0.1) is 11.3 Å². The average Bonchev–Trinajstić information content (AvgIpc) is 3.03. The number of hydrogen-bond donors (Lipinski definition) is 1. The molecule has 134 valence electrons. The molecule has 3 rings (SSSR count). The zero-order chi connectivity index (χ0) is 17.6. The van der Waals surface area contributed by atoms with Crippen molar-refractivity contribution in [2.24, 2.45) is 0 Å². The van der Waals surface area contributed by atoms with Crippen molar-refractivity contribution in [1.82, 2.24) is 9.80 Å². The second-order valence-electron chi connectivity index (χ2n) is 6.49. The Morgan fingerprint density at radius 2 is 2.16 bits per heavy atom. The standard InChI is InChI=1S/C19H24N2O3S/c1-20(13-19(22)23)10-17-11-21(7-8-24-17)12-18-9-16(14-25-18)15-5-3-2-4-6-15/h2-6,9,14,17H,7-8,10-13H2,1H3,(H,22,23). The molecule has 0 amide bonds.